The van der Waals surface area contributed by atoms with Gasteiger partial charge in [0.1, 0.15) is 17.0 Å². The first kappa shape index (κ1) is 12.4. The summed E-state index contributed by atoms with van der Waals surface area (Å²) in [6.07, 6.45) is 2.54. The molecule has 0 aliphatic rings. The lowest BCUT2D eigenvalue weighted by molar-refractivity contribution is 0.194. The van der Waals surface area contributed by atoms with Gasteiger partial charge >= 0.3 is 6.09 Å². The topological polar surface area (TPSA) is 98.4 Å². The van der Waals surface area contributed by atoms with Crippen molar-refractivity contribution in [3.05, 3.63) is 48.8 Å². The Morgan fingerprint density at radius 1 is 1.23 bits per heavy atom. The number of rotatable bonds is 1. The highest BCUT2D eigenvalue weighted by molar-refractivity contribution is 5.98. The average molecular weight is 293 g/mol. The zero-order chi connectivity index (χ0) is 15.3. The molecule has 1 aromatic carbocycles. The summed E-state index contributed by atoms with van der Waals surface area (Å²) in [4.78, 5) is 15.8. The highest BCUT2D eigenvalue weighted by Gasteiger charge is 2.18. The third-order valence-electron chi connectivity index (χ3n) is 3.49. The Labute approximate surface area is 124 Å². The van der Waals surface area contributed by atoms with Crippen molar-refractivity contribution >= 4 is 28.3 Å². The lowest BCUT2D eigenvalue weighted by Crippen LogP contribution is -2.09. The maximum absolute atomic E-state index is 11.4. The molecule has 3 heterocycles. The molecule has 0 aliphatic heterocycles. The summed E-state index contributed by atoms with van der Waals surface area (Å²) in [6.45, 7) is 0. The van der Waals surface area contributed by atoms with E-state index in [1.165, 1.54) is 0 Å². The number of aromatic nitrogens is 4. The van der Waals surface area contributed by atoms with E-state index >= 15 is 0 Å². The van der Waals surface area contributed by atoms with Gasteiger partial charge < -0.3 is 15.2 Å². The van der Waals surface area contributed by atoms with Gasteiger partial charge in [0.05, 0.1) is 5.52 Å². The van der Waals surface area contributed by atoms with E-state index in [1.54, 1.807) is 18.2 Å². The van der Waals surface area contributed by atoms with E-state index in [-0.39, 0.29) is 0 Å². The minimum absolute atomic E-state index is 0.480. The maximum Gasteiger partial charge on any atom is 0.432 e. The molecule has 0 saturated carbocycles. The van der Waals surface area contributed by atoms with Crippen LogP contribution in [0.4, 0.5) is 10.5 Å². The quantitative estimate of drug-likeness (QED) is 0.525. The van der Waals surface area contributed by atoms with Crippen LogP contribution in [-0.4, -0.2) is 30.4 Å². The third-order valence-corrected chi connectivity index (χ3v) is 3.49. The first-order chi connectivity index (χ1) is 10.6. The number of carboxylic acid groups (broad SMARTS) is 1. The van der Waals surface area contributed by atoms with E-state index < -0.39 is 6.09 Å². The Morgan fingerprint density at radius 3 is 2.86 bits per heavy atom. The van der Waals surface area contributed by atoms with Crippen molar-refractivity contribution in [3.63, 3.8) is 0 Å². The summed E-state index contributed by atoms with van der Waals surface area (Å²) in [5.74, 6) is 0. The number of hydrogen-bond acceptors (Lipinski definition) is 4. The van der Waals surface area contributed by atoms with E-state index in [0.717, 1.165) is 10.3 Å². The fourth-order valence-corrected chi connectivity index (χ4v) is 2.52. The predicted molar refractivity (Wildman–Crippen MR) is 81.8 cm³/mol. The highest BCUT2D eigenvalue weighted by Crippen LogP contribution is 2.29. The number of carbonyl (C=O) groups is 1. The SMILES string of the molecule is Nc1ccc2c(c1)c(-c1cn3ccccc3n1)nn2C(=O)O. The molecule has 7 heteroatoms. The average Bonchev–Trinajstić information content (AvgIpc) is 3.07. The molecule has 0 radical (unpaired) electrons. The summed E-state index contributed by atoms with van der Waals surface area (Å²) in [6, 6.07) is 10.7. The van der Waals surface area contributed by atoms with Crippen molar-refractivity contribution in [2.75, 3.05) is 5.73 Å². The Hall–Kier alpha value is -3.35. The van der Waals surface area contributed by atoms with E-state index in [9.17, 15) is 9.90 Å². The zero-order valence-corrected chi connectivity index (χ0v) is 11.3. The van der Waals surface area contributed by atoms with Gasteiger partial charge in [-0.1, -0.05) is 6.07 Å². The van der Waals surface area contributed by atoms with Crippen LogP contribution in [0, 0.1) is 0 Å². The number of benzene rings is 1. The molecule has 4 rings (SSSR count). The largest absolute Gasteiger partial charge is 0.463 e. The van der Waals surface area contributed by atoms with Crippen molar-refractivity contribution in [2.24, 2.45) is 0 Å². The Morgan fingerprint density at radius 2 is 2.09 bits per heavy atom. The number of anilines is 1. The van der Waals surface area contributed by atoms with Crippen LogP contribution in [0.2, 0.25) is 0 Å². The van der Waals surface area contributed by atoms with Gasteiger partial charge in [0, 0.05) is 23.5 Å². The van der Waals surface area contributed by atoms with Gasteiger partial charge in [-0.05, 0) is 30.3 Å². The molecular formula is C15H11N5O2. The predicted octanol–water partition coefficient (Wildman–Crippen LogP) is 2.46. The van der Waals surface area contributed by atoms with Crippen molar-refractivity contribution in [3.8, 4) is 11.4 Å². The van der Waals surface area contributed by atoms with E-state index in [1.807, 2.05) is 35.0 Å². The second-order valence-electron chi connectivity index (χ2n) is 4.91. The van der Waals surface area contributed by atoms with Gasteiger partial charge in [-0.15, -0.1) is 0 Å². The fourth-order valence-electron chi connectivity index (χ4n) is 2.52. The molecular weight excluding hydrogens is 282 g/mol. The molecule has 4 aromatic rings. The van der Waals surface area contributed by atoms with E-state index in [2.05, 4.69) is 10.1 Å². The smallest absolute Gasteiger partial charge is 0.432 e. The minimum Gasteiger partial charge on any atom is -0.463 e. The van der Waals surface area contributed by atoms with Crippen molar-refractivity contribution in [2.45, 2.75) is 0 Å². The van der Waals surface area contributed by atoms with Crippen LogP contribution in [-0.2, 0) is 0 Å². The molecule has 3 N–H and O–H groups in total. The van der Waals surface area contributed by atoms with Gasteiger partial charge in [-0.2, -0.15) is 9.78 Å². The minimum atomic E-state index is -1.15. The number of fused-ring (bicyclic) bond motifs is 2. The van der Waals surface area contributed by atoms with Crippen LogP contribution in [0.3, 0.4) is 0 Å². The van der Waals surface area contributed by atoms with Crippen LogP contribution in [0.25, 0.3) is 27.9 Å². The lowest BCUT2D eigenvalue weighted by atomic mass is 10.1. The second kappa shape index (κ2) is 4.32. The van der Waals surface area contributed by atoms with Crippen molar-refractivity contribution in [1.29, 1.82) is 0 Å². The molecule has 7 nitrogen and oxygen atoms in total. The molecule has 0 saturated heterocycles. The van der Waals surface area contributed by atoms with Gasteiger partial charge in [0.2, 0.25) is 0 Å². The Bertz CT molecular complexity index is 998. The lowest BCUT2D eigenvalue weighted by Gasteiger charge is -1.96. The number of nitrogens with two attached hydrogens (primary N) is 1. The van der Waals surface area contributed by atoms with Crippen LogP contribution < -0.4 is 5.73 Å². The molecule has 108 valence electrons. The van der Waals surface area contributed by atoms with Crippen molar-refractivity contribution < 1.29 is 9.90 Å². The molecule has 0 unspecified atom stereocenters. The molecule has 0 bridgehead atoms. The molecule has 0 spiro atoms. The summed E-state index contributed by atoms with van der Waals surface area (Å²) in [5, 5.41) is 14.1. The maximum atomic E-state index is 11.4. The molecule has 0 aliphatic carbocycles. The van der Waals surface area contributed by atoms with Gasteiger partial charge in [-0.25, -0.2) is 9.78 Å². The van der Waals surface area contributed by atoms with Crippen LogP contribution in [0.15, 0.2) is 48.8 Å². The zero-order valence-electron chi connectivity index (χ0n) is 11.3. The van der Waals surface area contributed by atoms with Gasteiger partial charge in [0.15, 0.2) is 0 Å². The van der Waals surface area contributed by atoms with Gasteiger partial charge in [0.25, 0.3) is 0 Å². The normalized spacial score (nSPS) is 11.3. The summed E-state index contributed by atoms with van der Waals surface area (Å²) in [5.41, 5.74) is 8.70. The molecule has 22 heavy (non-hydrogen) atoms. The van der Waals surface area contributed by atoms with Gasteiger partial charge in [-0.3, -0.25) is 0 Å². The number of hydrogen-bond donors (Lipinski definition) is 2. The Kier molecular flexibility index (Phi) is 2.43. The van der Waals surface area contributed by atoms with Crippen molar-refractivity contribution in [1.82, 2.24) is 19.2 Å². The first-order valence-electron chi connectivity index (χ1n) is 6.59. The number of nitrogens with zero attached hydrogens (tertiary/aromatic N) is 4. The molecule has 3 aromatic heterocycles. The van der Waals surface area contributed by atoms with Crippen LogP contribution in [0.5, 0.6) is 0 Å². The van der Waals surface area contributed by atoms with Crippen LogP contribution in [0.1, 0.15) is 0 Å². The molecule has 0 amide bonds. The summed E-state index contributed by atoms with van der Waals surface area (Å²) < 4.78 is 2.79. The summed E-state index contributed by atoms with van der Waals surface area (Å²) >= 11 is 0. The highest BCUT2D eigenvalue weighted by atomic mass is 16.4. The third kappa shape index (κ3) is 1.72. The number of imidazole rings is 1. The molecule has 0 atom stereocenters. The molecule has 0 fully saturated rings. The van der Waals surface area contributed by atoms with E-state index in [0.29, 0.717) is 28.0 Å². The standard InChI is InChI=1S/C15H11N5O2/c16-9-4-5-12-10(7-9)14(18-20(12)15(21)22)11-8-19-6-2-1-3-13(19)17-11/h1-8H,16H2,(H,21,22). The second-order valence-corrected chi connectivity index (χ2v) is 4.91. The fraction of sp³-hybridized carbons (Fsp3) is 0. The monoisotopic (exact) mass is 293 g/mol. The number of pyridine rings is 1. The van der Waals surface area contributed by atoms with Crippen LogP contribution >= 0.6 is 0 Å². The Balaban J connectivity index is 2.05. The van der Waals surface area contributed by atoms with E-state index in [4.69, 9.17) is 5.73 Å². The summed E-state index contributed by atoms with van der Waals surface area (Å²) in [7, 11) is 0. The first-order valence-corrected chi connectivity index (χ1v) is 6.59. The number of nitrogen functional groups attached to an aromatic ring is 1.